The largest absolute Gasteiger partial charge is 0.497 e. The third kappa shape index (κ3) is 3.48. The lowest BCUT2D eigenvalue weighted by Gasteiger charge is -2.08. The summed E-state index contributed by atoms with van der Waals surface area (Å²) in [7, 11) is 1.57. The van der Waals surface area contributed by atoms with Gasteiger partial charge in [-0.05, 0) is 29.8 Å². The molecule has 2 aromatic carbocycles. The number of fused-ring (bicyclic) bond motifs is 1. The molecule has 0 bridgehead atoms. The van der Waals surface area contributed by atoms with Crippen molar-refractivity contribution in [1.82, 2.24) is 19.2 Å². The number of hydrogen-bond acceptors (Lipinski definition) is 5. The van der Waals surface area contributed by atoms with E-state index in [-0.39, 0.29) is 17.0 Å². The van der Waals surface area contributed by atoms with E-state index in [2.05, 4.69) is 10.2 Å². The summed E-state index contributed by atoms with van der Waals surface area (Å²) in [5.41, 5.74) is 1.35. The van der Waals surface area contributed by atoms with Gasteiger partial charge in [-0.25, -0.2) is 4.39 Å². The smallest absolute Gasteiger partial charge is 0.300 e. The molecule has 0 fully saturated rings. The first-order valence-corrected chi connectivity index (χ1v) is 9.61. The molecule has 0 unspecified atom stereocenters. The highest BCUT2D eigenvalue weighted by molar-refractivity contribution is 7.98. The molecule has 2 heterocycles. The summed E-state index contributed by atoms with van der Waals surface area (Å²) < 4.78 is 21.5. The predicted molar refractivity (Wildman–Crippen MR) is 106 cm³/mol. The molecule has 142 valence electrons. The molecular weight excluding hydrogens is 403 g/mol. The Morgan fingerprint density at radius 3 is 2.82 bits per heavy atom. The second kappa shape index (κ2) is 7.65. The molecule has 0 saturated carbocycles. The highest BCUT2D eigenvalue weighted by Crippen LogP contribution is 2.26. The molecule has 0 aliphatic carbocycles. The summed E-state index contributed by atoms with van der Waals surface area (Å²) in [6.07, 6.45) is 3.38. The van der Waals surface area contributed by atoms with Crippen LogP contribution in [0.2, 0.25) is 5.02 Å². The van der Waals surface area contributed by atoms with E-state index in [9.17, 15) is 9.18 Å². The van der Waals surface area contributed by atoms with Crippen LogP contribution in [-0.2, 0) is 5.75 Å². The summed E-state index contributed by atoms with van der Waals surface area (Å²) in [5.74, 6) is 0.738. The maximum atomic E-state index is 13.2. The molecule has 6 nitrogen and oxygen atoms in total. The van der Waals surface area contributed by atoms with Crippen LogP contribution >= 0.6 is 23.4 Å². The van der Waals surface area contributed by atoms with Crippen molar-refractivity contribution < 1.29 is 9.13 Å². The van der Waals surface area contributed by atoms with Gasteiger partial charge >= 0.3 is 5.56 Å². The fourth-order valence-corrected chi connectivity index (χ4v) is 3.94. The Bertz CT molecular complexity index is 1220. The zero-order chi connectivity index (χ0) is 19.7. The molecule has 0 atom stereocenters. The maximum Gasteiger partial charge on any atom is 0.300 e. The number of hydrogen-bond donors (Lipinski definition) is 0. The number of nitrogens with zero attached hydrogens (tertiary/aromatic N) is 4. The van der Waals surface area contributed by atoms with Crippen LogP contribution in [0.4, 0.5) is 4.39 Å². The van der Waals surface area contributed by atoms with Crippen LogP contribution in [0.5, 0.6) is 5.75 Å². The van der Waals surface area contributed by atoms with Crippen molar-refractivity contribution in [2.45, 2.75) is 10.9 Å². The number of rotatable bonds is 5. The number of benzene rings is 2. The van der Waals surface area contributed by atoms with Crippen LogP contribution < -0.4 is 10.3 Å². The minimum Gasteiger partial charge on any atom is -0.497 e. The summed E-state index contributed by atoms with van der Waals surface area (Å²) in [6, 6.07) is 11.4. The molecule has 0 amide bonds. The molecule has 0 aliphatic heterocycles. The summed E-state index contributed by atoms with van der Waals surface area (Å²) >= 11 is 7.43. The van der Waals surface area contributed by atoms with Crippen molar-refractivity contribution >= 4 is 29.0 Å². The first-order valence-electron chi connectivity index (χ1n) is 8.24. The predicted octanol–water partition coefficient (Wildman–Crippen LogP) is 3.97. The highest BCUT2D eigenvalue weighted by atomic mass is 35.5. The van der Waals surface area contributed by atoms with Crippen LogP contribution in [-0.4, -0.2) is 26.3 Å². The van der Waals surface area contributed by atoms with Crippen molar-refractivity contribution in [2.75, 3.05) is 7.11 Å². The van der Waals surface area contributed by atoms with Gasteiger partial charge in [0, 0.05) is 29.2 Å². The lowest BCUT2D eigenvalue weighted by molar-refractivity contribution is 0.414. The number of thioether (sulfide) groups is 1. The molecule has 9 heteroatoms. The van der Waals surface area contributed by atoms with E-state index in [1.165, 1.54) is 28.5 Å². The summed E-state index contributed by atoms with van der Waals surface area (Å²) in [6.45, 7) is 0. The lowest BCUT2D eigenvalue weighted by atomic mass is 10.2. The number of methoxy groups -OCH3 is 1. The van der Waals surface area contributed by atoms with Gasteiger partial charge in [-0.15, -0.1) is 10.2 Å². The van der Waals surface area contributed by atoms with Crippen LogP contribution in [0, 0.1) is 5.82 Å². The Balaban J connectivity index is 1.65. The van der Waals surface area contributed by atoms with Gasteiger partial charge in [0.2, 0.25) is 5.65 Å². The van der Waals surface area contributed by atoms with Crippen molar-refractivity contribution in [3.63, 3.8) is 0 Å². The molecule has 0 saturated heterocycles. The third-order valence-corrected chi connectivity index (χ3v) is 5.49. The Kier molecular flexibility index (Phi) is 5.06. The van der Waals surface area contributed by atoms with Gasteiger partial charge in [0.15, 0.2) is 5.16 Å². The fraction of sp³-hybridized carbons (Fsp3) is 0.105. The van der Waals surface area contributed by atoms with Gasteiger partial charge in [-0.1, -0.05) is 35.5 Å². The van der Waals surface area contributed by atoms with Crippen LogP contribution in [0.15, 0.2) is 64.8 Å². The summed E-state index contributed by atoms with van der Waals surface area (Å²) in [5, 5.41) is 9.03. The molecule has 4 aromatic rings. The zero-order valence-corrected chi connectivity index (χ0v) is 16.2. The maximum absolute atomic E-state index is 13.2. The van der Waals surface area contributed by atoms with Crippen molar-refractivity contribution in [3.05, 3.63) is 81.6 Å². The molecule has 0 aliphatic rings. The van der Waals surface area contributed by atoms with Crippen molar-refractivity contribution in [3.8, 4) is 11.4 Å². The first kappa shape index (κ1) is 18.5. The Labute approximate surface area is 168 Å². The standard InChI is InChI=1S/C19H14ClFN4O2S/c1-27-15-4-2-3-14(10-15)24-7-8-25-17(18(24)26)22-23-19(25)28-11-12-5-6-13(21)9-16(12)20/h2-10H,11H2,1H3. The average Bonchev–Trinajstić information content (AvgIpc) is 3.11. The van der Waals surface area contributed by atoms with Gasteiger partial charge in [0.05, 0.1) is 12.8 Å². The second-order valence-electron chi connectivity index (χ2n) is 5.88. The minimum absolute atomic E-state index is 0.207. The van der Waals surface area contributed by atoms with Crippen LogP contribution in [0.25, 0.3) is 11.3 Å². The number of halogens is 2. The monoisotopic (exact) mass is 416 g/mol. The molecule has 0 N–H and O–H groups in total. The van der Waals surface area contributed by atoms with Gasteiger partial charge in [-0.2, -0.15) is 0 Å². The lowest BCUT2D eigenvalue weighted by Crippen LogP contribution is -2.20. The van der Waals surface area contributed by atoms with E-state index in [0.29, 0.717) is 27.4 Å². The number of ether oxygens (including phenoxy) is 1. The second-order valence-corrected chi connectivity index (χ2v) is 7.23. The Morgan fingerprint density at radius 1 is 1.18 bits per heavy atom. The van der Waals surface area contributed by atoms with Crippen LogP contribution in [0.3, 0.4) is 0 Å². The molecule has 4 rings (SSSR count). The topological polar surface area (TPSA) is 61.4 Å². The molecule has 0 spiro atoms. The van der Waals surface area contributed by atoms with Gasteiger partial charge in [0.1, 0.15) is 11.6 Å². The minimum atomic E-state index is -0.384. The van der Waals surface area contributed by atoms with E-state index in [1.807, 2.05) is 12.1 Å². The van der Waals surface area contributed by atoms with Gasteiger partial charge in [-0.3, -0.25) is 13.8 Å². The Hall–Kier alpha value is -2.84. The fourth-order valence-electron chi connectivity index (χ4n) is 2.71. The molecule has 28 heavy (non-hydrogen) atoms. The normalized spacial score (nSPS) is 11.1. The average molecular weight is 417 g/mol. The van der Waals surface area contributed by atoms with E-state index in [1.54, 1.807) is 42.1 Å². The van der Waals surface area contributed by atoms with E-state index in [4.69, 9.17) is 16.3 Å². The first-order chi connectivity index (χ1) is 13.6. The van der Waals surface area contributed by atoms with Crippen LogP contribution in [0.1, 0.15) is 5.56 Å². The van der Waals surface area contributed by atoms with Crippen molar-refractivity contribution in [1.29, 1.82) is 0 Å². The quantitative estimate of drug-likeness (QED) is 0.461. The molecular formula is C19H14ClFN4O2S. The van der Waals surface area contributed by atoms with Gasteiger partial charge < -0.3 is 4.74 Å². The number of aromatic nitrogens is 4. The SMILES string of the molecule is COc1cccc(-n2ccn3c(SCc4ccc(F)cc4Cl)nnc3c2=O)c1. The van der Waals surface area contributed by atoms with Gasteiger partial charge in [0.25, 0.3) is 0 Å². The van der Waals surface area contributed by atoms with E-state index in [0.717, 1.165) is 5.56 Å². The molecule has 2 aromatic heterocycles. The highest BCUT2D eigenvalue weighted by Gasteiger charge is 2.13. The summed E-state index contributed by atoms with van der Waals surface area (Å²) in [4.78, 5) is 12.8. The Morgan fingerprint density at radius 2 is 2.04 bits per heavy atom. The van der Waals surface area contributed by atoms with E-state index >= 15 is 0 Å². The molecule has 0 radical (unpaired) electrons. The van der Waals surface area contributed by atoms with E-state index < -0.39 is 0 Å². The third-order valence-electron chi connectivity index (χ3n) is 4.14. The zero-order valence-electron chi connectivity index (χ0n) is 14.7. The van der Waals surface area contributed by atoms with Crippen molar-refractivity contribution in [2.24, 2.45) is 0 Å².